The van der Waals surface area contributed by atoms with Crippen LogP contribution in [0.1, 0.15) is 12.5 Å². The molecule has 2 rings (SSSR count). The molecule has 0 aromatic heterocycles. The fourth-order valence-corrected chi connectivity index (χ4v) is 3.62. The summed E-state index contributed by atoms with van der Waals surface area (Å²) in [6.45, 7) is 3.58. The van der Waals surface area contributed by atoms with Gasteiger partial charge in [0.05, 0.1) is 24.3 Å². The zero-order chi connectivity index (χ0) is 19.5. The lowest BCUT2D eigenvalue weighted by Crippen LogP contribution is -2.38. The number of nitrogens with zero attached hydrogens (tertiary/aromatic N) is 1. The number of hydrogen-bond acceptors (Lipinski definition) is 4. The standard InChI is InChI=1S/C20H27N3O3S/c1-3-21-20(22-14-13-17-9-11-18(26-2)12-10-17)23-15-16-27(24,25)19-7-5-4-6-8-19/h4-12H,3,13-16H2,1-2H3,(H2,21,22,23). The zero-order valence-corrected chi connectivity index (χ0v) is 16.6. The van der Waals surface area contributed by atoms with Gasteiger partial charge in [-0.2, -0.15) is 0 Å². The number of ether oxygens (including phenoxy) is 1. The van der Waals surface area contributed by atoms with Gasteiger partial charge in [0.25, 0.3) is 0 Å². The Morgan fingerprint density at radius 2 is 1.74 bits per heavy atom. The van der Waals surface area contributed by atoms with Gasteiger partial charge in [0.15, 0.2) is 15.8 Å². The molecule has 146 valence electrons. The Labute approximate surface area is 161 Å². The van der Waals surface area contributed by atoms with Gasteiger partial charge in [0.2, 0.25) is 0 Å². The summed E-state index contributed by atoms with van der Waals surface area (Å²) in [4.78, 5) is 4.71. The van der Waals surface area contributed by atoms with Gasteiger partial charge in [0.1, 0.15) is 5.75 Å². The Morgan fingerprint density at radius 3 is 2.37 bits per heavy atom. The Bertz CT molecular complexity index is 819. The maximum Gasteiger partial charge on any atom is 0.191 e. The highest BCUT2D eigenvalue weighted by atomic mass is 32.2. The summed E-state index contributed by atoms with van der Waals surface area (Å²) in [6, 6.07) is 16.4. The molecule has 0 saturated heterocycles. The highest BCUT2D eigenvalue weighted by Gasteiger charge is 2.13. The van der Waals surface area contributed by atoms with Crippen molar-refractivity contribution in [1.82, 2.24) is 10.6 Å². The van der Waals surface area contributed by atoms with E-state index in [1.807, 2.05) is 31.2 Å². The number of aliphatic imine (C=N–C) groups is 1. The first kappa shape index (κ1) is 20.8. The topological polar surface area (TPSA) is 79.8 Å². The van der Waals surface area contributed by atoms with Gasteiger partial charge in [-0.05, 0) is 43.2 Å². The Morgan fingerprint density at radius 1 is 1.04 bits per heavy atom. The summed E-state index contributed by atoms with van der Waals surface area (Å²) in [5, 5.41) is 6.37. The molecule has 2 aromatic rings. The van der Waals surface area contributed by atoms with Crippen molar-refractivity contribution in [2.24, 2.45) is 4.99 Å². The van der Waals surface area contributed by atoms with E-state index in [0.717, 1.165) is 12.2 Å². The minimum Gasteiger partial charge on any atom is -0.497 e. The first-order valence-corrected chi connectivity index (χ1v) is 10.6. The van der Waals surface area contributed by atoms with Crippen LogP contribution >= 0.6 is 0 Å². The summed E-state index contributed by atoms with van der Waals surface area (Å²) in [5.41, 5.74) is 1.19. The fourth-order valence-electron chi connectivity index (χ4n) is 2.48. The van der Waals surface area contributed by atoms with E-state index in [2.05, 4.69) is 15.6 Å². The third kappa shape index (κ3) is 6.94. The van der Waals surface area contributed by atoms with Crippen LogP contribution in [0.25, 0.3) is 0 Å². The van der Waals surface area contributed by atoms with Crippen LogP contribution in [0.3, 0.4) is 0 Å². The molecule has 2 N–H and O–H groups in total. The SMILES string of the molecule is CCNC(=NCCS(=O)(=O)c1ccccc1)NCCc1ccc(OC)cc1. The molecule has 2 aromatic carbocycles. The molecule has 27 heavy (non-hydrogen) atoms. The Hall–Kier alpha value is -2.54. The molecule has 0 unspecified atom stereocenters. The van der Waals surface area contributed by atoms with Crippen LogP contribution in [0.5, 0.6) is 5.75 Å². The van der Waals surface area contributed by atoms with Crippen LogP contribution in [0.4, 0.5) is 0 Å². The number of guanidine groups is 1. The van der Waals surface area contributed by atoms with Crippen molar-refractivity contribution in [3.05, 3.63) is 60.2 Å². The Kier molecular flexibility index (Phi) is 8.13. The molecular weight excluding hydrogens is 362 g/mol. The summed E-state index contributed by atoms with van der Waals surface area (Å²) in [7, 11) is -1.67. The van der Waals surface area contributed by atoms with Gasteiger partial charge in [-0.1, -0.05) is 30.3 Å². The maximum atomic E-state index is 12.3. The number of sulfone groups is 1. The molecule has 0 aliphatic rings. The van der Waals surface area contributed by atoms with Crippen molar-refractivity contribution in [3.8, 4) is 5.75 Å². The van der Waals surface area contributed by atoms with Crippen molar-refractivity contribution < 1.29 is 13.2 Å². The number of nitrogens with one attached hydrogen (secondary N) is 2. The predicted octanol–water partition coefficient (Wildman–Crippen LogP) is 2.27. The molecule has 0 bridgehead atoms. The molecule has 0 saturated carbocycles. The Balaban J connectivity index is 1.86. The van der Waals surface area contributed by atoms with E-state index in [4.69, 9.17) is 4.74 Å². The quantitative estimate of drug-likeness (QED) is 0.508. The summed E-state index contributed by atoms with van der Waals surface area (Å²) in [5.74, 6) is 1.43. The van der Waals surface area contributed by atoms with Gasteiger partial charge in [-0.3, -0.25) is 4.99 Å². The number of methoxy groups -OCH3 is 1. The first-order valence-electron chi connectivity index (χ1n) is 8.98. The second-order valence-corrected chi connectivity index (χ2v) is 8.03. The van der Waals surface area contributed by atoms with Crippen molar-refractivity contribution in [2.45, 2.75) is 18.2 Å². The zero-order valence-electron chi connectivity index (χ0n) is 15.8. The minimum atomic E-state index is -3.32. The highest BCUT2D eigenvalue weighted by molar-refractivity contribution is 7.91. The molecule has 0 aliphatic carbocycles. The molecule has 0 spiro atoms. The van der Waals surface area contributed by atoms with Crippen molar-refractivity contribution in [2.75, 3.05) is 32.5 Å². The molecule has 0 aliphatic heterocycles. The van der Waals surface area contributed by atoms with Crippen LogP contribution in [0.15, 0.2) is 64.5 Å². The third-order valence-electron chi connectivity index (χ3n) is 3.94. The highest BCUT2D eigenvalue weighted by Crippen LogP contribution is 2.11. The normalized spacial score (nSPS) is 11.9. The minimum absolute atomic E-state index is 0.0218. The van der Waals surface area contributed by atoms with Gasteiger partial charge < -0.3 is 15.4 Å². The summed E-state index contributed by atoms with van der Waals surface area (Å²) < 4.78 is 29.8. The van der Waals surface area contributed by atoms with Gasteiger partial charge in [-0.25, -0.2) is 8.42 Å². The number of benzene rings is 2. The van der Waals surface area contributed by atoms with E-state index < -0.39 is 9.84 Å². The number of rotatable bonds is 9. The lowest BCUT2D eigenvalue weighted by atomic mass is 10.1. The average Bonchev–Trinajstić information content (AvgIpc) is 2.69. The lowest BCUT2D eigenvalue weighted by molar-refractivity contribution is 0.414. The monoisotopic (exact) mass is 389 g/mol. The van der Waals surface area contributed by atoms with Crippen molar-refractivity contribution >= 4 is 15.8 Å². The van der Waals surface area contributed by atoms with Crippen LogP contribution < -0.4 is 15.4 Å². The van der Waals surface area contributed by atoms with E-state index in [0.29, 0.717) is 23.9 Å². The van der Waals surface area contributed by atoms with Crippen LogP contribution in [0.2, 0.25) is 0 Å². The molecule has 0 fully saturated rings. The smallest absolute Gasteiger partial charge is 0.191 e. The van der Waals surface area contributed by atoms with Crippen LogP contribution in [-0.2, 0) is 16.3 Å². The maximum absolute atomic E-state index is 12.3. The van der Waals surface area contributed by atoms with E-state index in [9.17, 15) is 8.42 Å². The van der Waals surface area contributed by atoms with Gasteiger partial charge in [-0.15, -0.1) is 0 Å². The van der Waals surface area contributed by atoms with Crippen LogP contribution in [0, 0.1) is 0 Å². The van der Waals surface area contributed by atoms with E-state index in [-0.39, 0.29) is 12.3 Å². The molecule has 0 atom stereocenters. The molecule has 0 heterocycles. The lowest BCUT2D eigenvalue weighted by Gasteiger charge is -2.11. The number of hydrogen-bond donors (Lipinski definition) is 2. The summed E-state index contributed by atoms with van der Waals surface area (Å²) >= 11 is 0. The van der Waals surface area contributed by atoms with Gasteiger partial charge in [0, 0.05) is 13.1 Å². The largest absolute Gasteiger partial charge is 0.497 e. The first-order chi connectivity index (χ1) is 13.0. The van der Waals surface area contributed by atoms with E-state index in [1.54, 1.807) is 37.4 Å². The summed E-state index contributed by atoms with van der Waals surface area (Å²) in [6.07, 6.45) is 0.830. The van der Waals surface area contributed by atoms with Crippen molar-refractivity contribution in [3.63, 3.8) is 0 Å². The van der Waals surface area contributed by atoms with E-state index >= 15 is 0 Å². The fraction of sp³-hybridized carbons (Fsp3) is 0.350. The van der Waals surface area contributed by atoms with Crippen LogP contribution in [-0.4, -0.2) is 46.9 Å². The molecule has 6 nitrogen and oxygen atoms in total. The molecule has 7 heteroatoms. The molecule has 0 radical (unpaired) electrons. The third-order valence-corrected chi connectivity index (χ3v) is 5.65. The van der Waals surface area contributed by atoms with E-state index in [1.165, 1.54) is 5.56 Å². The molecule has 0 amide bonds. The average molecular weight is 390 g/mol. The molecular formula is C20H27N3O3S. The second kappa shape index (κ2) is 10.6. The van der Waals surface area contributed by atoms with Gasteiger partial charge >= 0.3 is 0 Å². The van der Waals surface area contributed by atoms with Crippen molar-refractivity contribution in [1.29, 1.82) is 0 Å². The predicted molar refractivity (Wildman–Crippen MR) is 109 cm³/mol. The second-order valence-electron chi connectivity index (χ2n) is 5.92.